The third-order valence-electron chi connectivity index (χ3n) is 4.32. The third kappa shape index (κ3) is 1.95. The van der Waals surface area contributed by atoms with Crippen LogP contribution in [0.4, 0.5) is 0 Å². The first-order chi connectivity index (χ1) is 9.63. The summed E-state index contributed by atoms with van der Waals surface area (Å²) >= 11 is 5.54. The Bertz CT molecular complexity index is 815. The summed E-state index contributed by atoms with van der Waals surface area (Å²) in [4.78, 5) is 7.79. The van der Waals surface area contributed by atoms with Gasteiger partial charge in [-0.15, -0.1) is 0 Å². The van der Waals surface area contributed by atoms with Crippen molar-refractivity contribution in [3.05, 3.63) is 35.2 Å². The molecule has 3 aromatic rings. The maximum absolute atomic E-state index is 5.54. The molecule has 0 amide bonds. The summed E-state index contributed by atoms with van der Waals surface area (Å²) in [5.41, 5.74) is 3.20. The number of fused-ring (bicyclic) bond motifs is 3. The molecule has 3 nitrogen and oxygen atoms in total. The molecule has 3 rings (SSSR count). The van der Waals surface area contributed by atoms with Crippen molar-refractivity contribution >= 4 is 34.2 Å². The monoisotopic (exact) mass is 285 g/mol. The van der Waals surface area contributed by atoms with E-state index in [1.54, 1.807) is 0 Å². The zero-order chi connectivity index (χ0) is 14.3. The highest BCUT2D eigenvalue weighted by atomic mass is 32.1. The van der Waals surface area contributed by atoms with Gasteiger partial charge in [-0.1, -0.05) is 38.5 Å². The van der Waals surface area contributed by atoms with Crippen LogP contribution in [0.1, 0.15) is 33.2 Å². The van der Waals surface area contributed by atoms with Crippen LogP contribution < -0.4 is 0 Å². The van der Waals surface area contributed by atoms with Gasteiger partial charge in [-0.25, -0.2) is 0 Å². The summed E-state index contributed by atoms with van der Waals surface area (Å²) in [6.45, 7) is 6.74. The average Bonchev–Trinajstić information content (AvgIpc) is 2.82. The molecule has 2 aromatic heterocycles. The van der Waals surface area contributed by atoms with E-state index in [0.717, 1.165) is 27.6 Å². The van der Waals surface area contributed by atoms with Crippen LogP contribution in [-0.2, 0) is 0 Å². The zero-order valence-electron chi connectivity index (χ0n) is 12.1. The molecular formula is C16H19N3S. The predicted molar refractivity (Wildman–Crippen MR) is 86.6 cm³/mol. The molecule has 0 saturated carbocycles. The van der Waals surface area contributed by atoms with Crippen molar-refractivity contribution < 1.29 is 0 Å². The van der Waals surface area contributed by atoms with Crippen LogP contribution in [0.25, 0.3) is 21.9 Å². The molecule has 2 unspecified atom stereocenters. The summed E-state index contributed by atoms with van der Waals surface area (Å²) in [5, 5.41) is 1.16. The van der Waals surface area contributed by atoms with E-state index in [1.165, 1.54) is 5.52 Å². The second-order valence-corrected chi connectivity index (χ2v) is 5.85. The van der Waals surface area contributed by atoms with Gasteiger partial charge < -0.3 is 9.55 Å². The quantitative estimate of drug-likeness (QED) is 0.698. The Kier molecular flexibility index (Phi) is 3.34. The fraction of sp³-hybridized carbons (Fsp3) is 0.375. The summed E-state index contributed by atoms with van der Waals surface area (Å²) in [7, 11) is 0. The SMILES string of the molecule is CCC(C)C(C)n1c(=S)[nH]c2cnc3ccccc3c21. The van der Waals surface area contributed by atoms with E-state index in [4.69, 9.17) is 12.2 Å². The molecular weight excluding hydrogens is 266 g/mol. The van der Waals surface area contributed by atoms with Gasteiger partial charge in [-0.3, -0.25) is 4.98 Å². The van der Waals surface area contributed by atoms with E-state index in [9.17, 15) is 0 Å². The standard InChI is InChI=1S/C16H19N3S/c1-4-10(2)11(3)19-15-12-7-5-6-8-13(12)17-9-14(15)18-16(19)20/h5-11H,4H2,1-3H3,(H,18,20). The molecule has 4 heteroatoms. The first kappa shape index (κ1) is 13.3. The number of pyridine rings is 1. The molecule has 1 aromatic carbocycles. The lowest BCUT2D eigenvalue weighted by Gasteiger charge is -2.21. The van der Waals surface area contributed by atoms with Crippen molar-refractivity contribution in [2.45, 2.75) is 33.2 Å². The van der Waals surface area contributed by atoms with Gasteiger partial charge in [0.15, 0.2) is 4.77 Å². The number of imidazole rings is 1. The Balaban J connectivity index is 2.39. The van der Waals surface area contributed by atoms with Crippen molar-refractivity contribution in [2.75, 3.05) is 0 Å². The minimum Gasteiger partial charge on any atom is -0.329 e. The molecule has 0 radical (unpaired) electrons. The van der Waals surface area contributed by atoms with Crippen LogP contribution in [0.3, 0.4) is 0 Å². The minimum atomic E-state index is 0.368. The second-order valence-electron chi connectivity index (χ2n) is 5.46. The normalized spacial score (nSPS) is 14.8. The van der Waals surface area contributed by atoms with Crippen molar-refractivity contribution in [2.24, 2.45) is 5.92 Å². The van der Waals surface area contributed by atoms with E-state index in [-0.39, 0.29) is 0 Å². The molecule has 2 heterocycles. The number of aromatic amines is 1. The number of aromatic nitrogens is 3. The highest BCUT2D eigenvalue weighted by Crippen LogP contribution is 2.29. The molecule has 20 heavy (non-hydrogen) atoms. The van der Waals surface area contributed by atoms with Crippen molar-refractivity contribution in [3.8, 4) is 0 Å². The van der Waals surface area contributed by atoms with E-state index in [0.29, 0.717) is 12.0 Å². The predicted octanol–water partition coefficient (Wildman–Crippen LogP) is 4.85. The molecule has 0 aliphatic heterocycles. The summed E-state index contributed by atoms with van der Waals surface area (Å²) in [6, 6.07) is 8.60. The van der Waals surface area contributed by atoms with Crippen LogP contribution in [0.5, 0.6) is 0 Å². The van der Waals surface area contributed by atoms with E-state index in [1.807, 2.05) is 18.3 Å². The molecule has 0 spiro atoms. The van der Waals surface area contributed by atoms with Crippen LogP contribution in [0.2, 0.25) is 0 Å². The number of nitrogens with zero attached hydrogens (tertiary/aromatic N) is 2. The van der Waals surface area contributed by atoms with Gasteiger partial charge >= 0.3 is 0 Å². The number of rotatable bonds is 3. The van der Waals surface area contributed by atoms with Crippen molar-refractivity contribution in [1.29, 1.82) is 0 Å². The lowest BCUT2D eigenvalue weighted by atomic mass is 10.0. The van der Waals surface area contributed by atoms with E-state index >= 15 is 0 Å². The Morgan fingerprint density at radius 2 is 2.05 bits per heavy atom. The lowest BCUT2D eigenvalue weighted by Crippen LogP contribution is -2.13. The Labute approximate surface area is 123 Å². The number of hydrogen-bond donors (Lipinski definition) is 1. The lowest BCUT2D eigenvalue weighted by molar-refractivity contribution is 0.375. The molecule has 0 saturated heterocycles. The Hall–Kier alpha value is -1.68. The van der Waals surface area contributed by atoms with Gasteiger partial charge in [0.2, 0.25) is 0 Å². The van der Waals surface area contributed by atoms with Crippen molar-refractivity contribution in [3.63, 3.8) is 0 Å². The molecule has 104 valence electrons. The first-order valence-electron chi connectivity index (χ1n) is 7.11. The topological polar surface area (TPSA) is 33.6 Å². The van der Waals surface area contributed by atoms with Gasteiger partial charge in [0.1, 0.15) is 0 Å². The van der Waals surface area contributed by atoms with Gasteiger partial charge in [-0.2, -0.15) is 0 Å². The average molecular weight is 285 g/mol. The van der Waals surface area contributed by atoms with Crippen LogP contribution >= 0.6 is 12.2 Å². The van der Waals surface area contributed by atoms with Gasteiger partial charge in [-0.05, 0) is 31.1 Å². The van der Waals surface area contributed by atoms with Gasteiger partial charge in [0.05, 0.1) is 22.7 Å². The number of nitrogens with one attached hydrogen (secondary N) is 1. The maximum Gasteiger partial charge on any atom is 0.178 e. The Morgan fingerprint density at radius 1 is 1.30 bits per heavy atom. The second kappa shape index (κ2) is 5.02. The van der Waals surface area contributed by atoms with Crippen LogP contribution in [-0.4, -0.2) is 14.5 Å². The van der Waals surface area contributed by atoms with Crippen LogP contribution in [0.15, 0.2) is 30.5 Å². The summed E-state index contributed by atoms with van der Waals surface area (Å²) in [6.07, 6.45) is 3.02. The highest BCUT2D eigenvalue weighted by molar-refractivity contribution is 7.71. The van der Waals surface area contributed by atoms with E-state index < -0.39 is 0 Å². The van der Waals surface area contributed by atoms with E-state index in [2.05, 4.69) is 47.4 Å². The fourth-order valence-corrected chi connectivity index (χ4v) is 3.11. The zero-order valence-corrected chi connectivity index (χ0v) is 12.9. The van der Waals surface area contributed by atoms with Crippen LogP contribution in [0, 0.1) is 10.7 Å². The molecule has 1 N–H and O–H groups in total. The van der Waals surface area contributed by atoms with Crippen molar-refractivity contribution in [1.82, 2.24) is 14.5 Å². The number of hydrogen-bond acceptors (Lipinski definition) is 2. The molecule has 0 bridgehead atoms. The Morgan fingerprint density at radius 3 is 2.80 bits per heavy atom. The van der Waals surface area contributed by atoms with Gasteiger partial charge in [0, 0.05) is 11.4 Å². The molecule has 0 fully saturated rings. The van der Waals surface area contributed by atoms with Gasteiger partial charge in [0.25, 0.3) is 0 Å². The fourth-order valence-electron chi connectivity index (χ4n) is 2.74. The number of para-hydroxylation sites is 1. The molecule has 0 aliphatic carbocycles. The third-order valence-corrected chi connectivity index (χ3v) is 4.62. The molecule has 2 atom stereocenters. The first-order valence-corrected chi connectivity index (χ1v) is 7.52. The summed E-state index contributed by atoms with van der Waals surface area (Å²) in [5.74, 6) is 0.577. The highest BCUT2D eigenvalue weighted by Gasteiger charge is 2.18. The summed E-state index contributed by atoms with van der Waals surface area (Å²) < 4.78 is 3.04. The number of benzene rings is 1. The maximum atomic E-state index is 5.54. The largest absolute Gasteiger partial charge is 0.329 e. The minimum absolute atomic E-state index is 0.368. The molecule has 0 aliphatic rings. The number of H-pyrrole nitrogens is 1. The smallest absolute Gasteiger partial charge is 0.178 e.